The van der Waals surface area contributed by atoms with E-state index in [9.17, 15) is 4.79 Å². The summed E-state index contributed by atoms with van der Waals surface area (Å²) in [4.78, 5) is 18.9. The van der Waals surface area contributed by atoms with Gasteiger partial charge in [-0.1, -0.05) is 5.16 Å². The molecule has 2 aromatic rings. The van der Waals surface area contributed by atoms with Gasteiger partial charge in [-0.3, -0.25) is 4.79 Å². The molecule has 1 saturated carbocycles. The smallest absolute Gasteiger partial charge is 0.251 e. The third-order valence-electron chi connectivity index (χ3n) is 3.03. The van der Waals surface area contributed by atoms with Crippen LogP contribution in [-0.2, 0) is 0 Å². The molecule has 5 nitrogen and oxygen atoms in total. The third-order valence-corrected chi connectivity index (χ3v) is 3.03. The molecule has 1 N–H and O–H groups in total. The third kappa shape index (κ3) is 1.77. The fourth-order valence-electron chi connectivity index (χ4n) is 2.00. The van der Waals surface area contributed by atoms with E-state index in [1.165, 1.54) is 0 Å². The van der Waals surface area contributed by atoms with Gasteiger partial charge in [0, 0.05) is 12.0 Å². The molecule has 0 atom stereocenters. The highest BCUT2D eigenvalue weighted by Crippen LogP contribution is 2.39. The Balaban J connectivity index is 2.17. The lowest BCUT2D eigenvalue weighted by Crippen LogP contribution is -2.10. The molecule has 0 aliphatic heterocycles. The molecule has 0 saturated heterocycles. The molecule has 0 unspecified atom stereocenters. The zero-order chi connectivity index (χ0) is 12.0. The van der Waals surface area contributed by atoms with Crippen molar-refractivity contribution in [2.45, 2.75) is 32.6 Å². The van der Waals surface area contributed by atoms with E-state index in [4.69, 9.17) is 4.52 Å². The lowest BCUT2D eigenvalue weighted by Gasteiger charge is -2.02. The second-order valence-corrected chi connectivity index (χ2v) is 4.49. The molecule has 17 heavy (non-hydrogen) atoms. The average Bonchev–Trinajstić information content (AvgIpc) is 3.05. The fourth-order valence-corrected chi connectivity index (χ4v) is 2.00. The van der Waals surface area contributed by atoms with Gasteiger partial charge in [0.05, 0.1) is 17.0 Å². The first-order valence-corrected chi connectivity index (χ1v) is 5.69. The topological polar surface area (TPSA) is 71.8 Å². The van der Waals surface area contributed by atoms with E-state index in [1.54, 1.807) is 6.07 Å². The van der Waals surface area contributed by atoms with Crippen LogP contribution in [0.25, 0.3) is 11.4 Å². The summed E-state index contributed by atoms with van der Waals surface area (Å²) in [7, 11) is 0. The van der Waals surface area contributed by atoms with Gasteiger partial charge in [-0.25, -0.2) is 4.98 Å². The summed E-state index contributed by atoms with van der Waals surface area (Å²) >= 11 is 0. The van der Waals surface area contributed by atoms with Crippen molar-refractivity contribution in [3.05, 3.63) is 33.6 Å². The predicted octanol–water partition coefficient (Wildman–Crippen LogP) is 1.92. The van der Waals surface area contributed by atoms with Gasteiger partial charge in [-0.05, 0) is 26.7 Å². The zero-order valence-corrected chi connectivity index (χ0v) is 9.78. The highest BCUT2D eigenvalue weighted by Gasteiger charge is 2.26. The Morgan fingerprint density at radius 1 is 1.41 bits per heavy atom. The normalized spacial score (nSPS) is 15.2. The summed E-state index contributed by atoms with van der Waals surface area (Å²) in [5.41, 5.74) is 2.31. The number of aryl methyl sites for hydroxylation is 2. The van der Waals surface area contributed by atoms with Crippen molar-refractivity contribution >= 4 is 0 Å². The number of aromatic nitrogens is 3. The number of rotatable bonds is 2. The first-order valence-electron chi connectivity index (χ1n) is 5.69. The quantitative estimate of drug-likeness (QED) is 0.857. The maximum Gasteiger partial charge on any atom is 0.251 e. The van der Waals surface area contributed by atoms with Gasteiger partial charge in [0.2, 0.25) is 0 Å². The van der Waals surface area contributed by atoms with E-state index >= 15 is 0 Å². The molecule has 5 heteroatoms. The molecular formula is C12H13N3O2. The van der Waals surface area contributed by atoms with Crippen LogP contribution in [0.2, 0.25) is 0 Å². The minimum Gasteiger partial charge on any atom is -0.361 e. The molecular weight excluding hydrogens is 218 g/mol. The second kappa shape index (κ2) is 3.55. The summed E-state index contributed by atoms with van der Waals surface area (Å²) in [6.45, 7) is 3.66. The SMILES string of the molecule is Cc1noc(C)c1-c1nc(C2CC2)cc(=O)[nH]1. The minimum atomic E-state index is -0.114. The first-order chi connectivity index (χ1) is 8.15. The molecule has 1 fully saturated rings. The first kappa shape index (κ1) is 10.3. The van der Waals surface area contributed by atoms with Gasteiger partial charge in [0.15, 0.2) is 0 Å². The van der Waals surface area contributed by atoms with Crippen LogP contribution < -0.4 is 5.56 Å². The van der Waals surface area contributed by atoms with Crippen LogP contribution in [0, 0.1) is 13.8 Å². The van der Waals surface area contributed by atoms with Crippen molar-refractivity contribution in [2.75, 3.05) is 0 Å². The van der Waals surface area contributed by atoms with Gasteiger partial charge in [-0.2, -0.15) is 0 Å². The molecule has 2 aromatic heterocycles. The fraction of sp³-hybridized carbons (Fsp3) is 0.417. The van der Waals surface area contributed by atoms with Crippen LogP contribution in [0.1, 0.15) is 35.9 Å². The van der Waals surface area contributed by atoms with E-state index in [-0.39, 0.29) is 5.56 Å². The number of nitrogens with one attached hydrogen (secondary N) is 1. The van der Waals surface area contributed by atoms with Gasteiger partial charge in [0.1, 0.15) is 11.6 Å². The minimum absolute atomic E-state index is 0.114. The van der Waals surface area contributed by atoms with E-state index in [1.807, 2.05) is 13.8 Å². The molecule has 3 rings (SSSR count). The Kier molecular flexibility index (Phi) is 2.14. The van der Waals surface area contributed by atoms with Crippen molar-refractivity contribution in [1.82, 2.24) is 15.1 Å². The Morgan fingerprint density at radius 3 is 2.76 bits per heavy atom. The molecule has 0 radical (unpaired) electrons. The van der Waals surface area contributed by atoms with Gasteiger partial charge >= 0.3 is 0 Å². The van der Waals surface area contributed by atoms with Crippen LogP contribution in [-0.4, -0.2) is 15.1 Å². The van der Waals surface area contributed by atoms with Crippen molar-refractivity contribution in [3.63, 3.8) is 0 Å². The number of nitrogens with zero attached hydrogens (tertiary/aromatic N) is 2. The largest absolute Gasteiger partial charge is 0.361 e. The predicted molar refractivity (Wildman–Crippen MR) is 61.8 cm³/mol. The van der Waals surface area contributed by atoms with Gasteiger partial charge in [0.25, 0.3) is 5.56 Å². The summed E-state index contributed by atoms with van der Waals surface area (Å²) in [5.74, 6) is 1.70. The molecule has 0 amide bonds. The van der Waals surface area contributed by atoms with E-state index in [0.29, 0.717) is 17.5 Å². The molecule has 1 aliphatic carbocycles. The summed E-state index contributed by atoms with van der Waals surface area (Å²) in [6, 6.07) is 1.58. The lowest BCUT2D eigenvalue weighted by atomic mass is 10.2. The van der Waals surface area contributed by atoms with Gasteiger partial charge < -0.3 is 9.51 Å². The van der Waals surface area contributed by atoms with Crippen molar-refractivity contribution in [2.24, 2.45) is 0 Å². The molecule has 0 bridgehead atoms. The number of H-pyrrole nitrogens is 1. The highest BCUT2D eigenvalue weighted by atomic mass is 16.5. The highest BCUT2D eigenvalue weighted by molar-refractivity contribution is 5.59. The number of aromatic amines is 1. The maximum atomic E-state index is 11.6. The molecule has 0 spiro atoms. The molecule has 0 aromatic carbocycles. The summed E-state index contributed by atoms with van der Waals surface area (Å²) in [6.07, 6.45) is 2.25. The number of hydrogen-bond donors (Lipinski definition) is 1. The van der Waals surface area contributed by atoms with Crippen molar-refractivity contribution < 1.29 is 4.52 Å². The van der Waals surface area contributed by atoms with Crippen LogP contribution in [0.3, 0.4) is 0 Å². The van der Waals surface area contributed by atoms with Crippen molar-refractivity contribution in [1.29, 1.82) is 0 Å². The molecule has 1 aliphatic rings. The Bertz CT molecular complexity index is 603. The Hall–Kier alpha value is -1.91. The zero-order valence-electron chi connectivity index (χ0n) is 9.78. The average molecular weight is 231 g/mol. The molecule has 2 heterocycles. The second-order valence-electron chi connectivity index (χ2n) is 4.49. The Morgan fingerprint density at radius 2 is 2.18 bits per heavy atom. The van der Waals surface area contributed by atoms with Crippen LogP contribution in [0.4, 0.5) is 0 Å². The van der Waals surface area contributed by atoms with Crippen molar-refractivity contribution in [3.8, 4) is 11.4 Å². The van der Waals surface area contributed by atoms with E-state index in [2.05, 4.69) is 15.1 Å². The summed E-state index contributed by atoms with van der Waals surface area (Å²) < 4.78 is 5.09. The van der Waals surface area contributed by atoms with Crippen LogP contribution in [0.5, 0.6) is 0 Å². The van der Waals surface area contributed by atoms with E-state index in [0.717, 1.165) is 29.8 Å². The lowest BCUT2D eigenvalue weighted by molar-refractivity contribution is 0.393. The molecule has 88 valence electrons. The Labute approximate surface area is 97.9 Å². The van der Waals surface area contributed by atoms with E-state index < -0.39 is 0 Å². The maximum absolute atomic E-state index is 11.6. The monoisotopic (exact) mass is 231 g/mol. The van der Waals surface area contributed by atoms with Crippen LogP contribution >= 0.6 is 0 Å². The van der Waals surface area contributed by atoms with Gasteiger partial charge in [-0.15, -0.1) is 0 Å². The number of hydrogen-bond acceptors (Lipinski definition) is 4. The van der Waals surface area contributed by atoms with Crippen LogP contribution in [0.15, 0.2) is 15.4 Å². The standard InChI is InChI=1S/C12H13N3O2/c1-6-11(7(2)17-15-6)12-13-9(8-3-4-8)5-10(16)14-12/h5,8H,3-4H2,1-2H3,(H,13,14,16). The summed E-state index contributed by atoms with van der Waals surface area (Å²) in [5, 5.41) is 3.88.